The molecule has 0 amide bonds. The van der Waals surface area contributed by atoms with Crippen LogP contribution in [0.1, 0.15) is 28.8 Å². The van der Waals surface area contributed by atoms with E-state index in [9.17, 15) is 27.6 Å². The van der Waals surface area contributed by atoms with Gasteiger partial charge in [-0.1, -0.05) is 54.6 Å². The van der Waals surface area contributed by atoms with Gasteiger partial charge in [-0.05, 0) is 47.5 Å². The Labute approximate surface area is 228 Å². The number of halogens is 3. The van der Waals surface area contributed by atoms with Crippen LogP contribution in [0.25, 0.3) is 11.1 Å². The van der Waals surface area contributed by atoms with Crippen LogP contribution in [0.4, 0.5) is 13.2 Å². The molecule has 0 N–H and O–H groups in total. The molecule has 0 radical (unpaired) electrons. The number of ether oxygens (including phenoxy) is 3. The number of fused-ring (bicyclic) bond motifs is 1. The van der Waals surface area contributed by atoms with Gasteiger partial charge in [0.1, 0.15) is 18.0 Å². The maximum Gasteiger partial charge on any atom is 0.416 e. The number of alkyl halides is 3. The van der Waals surface area contributed by atoms with Crippen molar-refractivity contribution in [2.75, 3.05) is 6.61 Å². The minimum atomic E-state index is -4.53. The van der Waals surface area contributed by atoms with E-state index in [2.05, 4.69) is 0 Å². The standard InChI is InChI=1S/C31H25F3O6/c32-31(33,34)22-7-4-8-24(15-22)38-18-23(35)13-14-25-26-16-29(36)39-28(26)17-27(25)40-30(37)21-11-9-20(10-12-21)19-5-2-1-3-6-19/h1-15,25-28H,16-18H2/b14-13+/t25-,26+,27+,28-/m0/s1. The lowest BCUT2D eigenvalue weighted by Gasteiger charge is -2.20. The molecule has 206 valence electrons. The van der Waals surface area contributed by atoms with Gasteiger partial charge in [-0.25, -0.2) is 4.79 Å². The summed E-state index contributed by atoms with van der Waals surface area (Å²) in [6.45, 7) is -0.480. The largest absolute Gasteiger partial charge is 0.485 e. The van der Waals surface area contributed by atoms with Crippen molar-refractivity contribution in [2.24, 2.45) is 11.8 Å². The molecular formula is C31H25F3O6. The van der Waals surface area contributed by atoms with Gasteiger partial charge >= 0.3 is 18.1 Å². The summed E-state index contributed by atoms with van der Waals surface area (Å²) in [6.07, 6.45) is -2.34. The summed E-state index contributed by atoms with van der Waals surface area (Å²) in [5.74, 6) is -2.19. The molecule has 2 aliphatic rings. The van der Waals surface area contributed by atoms with Crippen molar-refractivity contribution < 1.29 is 41.8 Å². The summed E-state index contributed by atoms with van der Waals surface area (Å²) in [5, 5.41) is 0. The minimum Gasteiger partial charge on any atom is -0.485 e. The zero-order chi connectivity index (χ0) is 28.3. The number of carbonyl (C=O) groups is 3. The fourth-order valence-corrected chi connectivity index (χ4v) is 5.11. The Morgan fingerprint density at radius 1 is 0.950 bits per heavy atom. The zero-order valence-electron chi connectivity index (χ0n) is 21.2. The van der Waals surface area contributed by atoms with E-state index in [1.807, 2.05) is 42.5 Å². The lowest BCUT2D eigenvalue weighted by molar-refractivity contribution is -0.142. The fraction of sp³-hybridized carbons (Fsp3) is 0.258. The third-order valence-corrected chi connectivity index (χ3v) is 7.08. The summed E-state index contributed by atoms with van der Waals surface area (Å²) < 4.78 is 55.2. The van der Waals surface area contributed by atoms with Gasteiger partial charge in [-0.2, -0.15) is 13.2 Å². The Morgan fingerprint density at radius 3 is 2.40 bits per heavy atom. The van der Waals surface area contributed by atoms with Gasteiger partial charge in [0.15, 0.2) is 12.4 Å². The number of benzene rings is 3. The van der Waals surface area contributed by atoms with E-state index in [1.165, 1.54) is 18.2 Å². The average molecular weight is 551 g/mol. The second-order valence-corrected chi connectivity index (χ2v) is 9.74. The topological polar surface area (TPSA) is 78.9 Å². The molecule has 0 spiro atoms. The summed E-state index contributed by atoms with van der Waals surface area (Å²) in [5.41, 5.74) is 1.45. The Kier molecular flexibility index (Phi) is 7.73. The highest BCUT2D eigenvalue weighted by Gasteiger charge is 2.50. The van der Waals surface area contributed by atoms with Gasteiger partial charge < -0.3 is 14.2 Å². The molecule has 1 heterocycles. The highest BCUT2D eigenvalue weighted by atomic mass is 19.4. The number of hydrogen-bond acceptors (Lipinski definition) is 6. The van der Waals surface area contributed by atoms with Crippen LogP contribution in [-0.4, -0.2) is 36.5 Å². The Bertz CT molecular complexity index is 1410. The molecule has 40 heavy (non-hydrogen) atoms. The lowest BCUT2D eigenvalue weighted by atomic mass is 9.91. The van der Waals surface area contributed by atoms with Gasteiger partial charge in [0.2, 0.25) is 0 Å². The predicted molar refractivity (Wildman–Crippen MR) is 138 cm³/mol. The normalized spacial score (nSPS) is 22.1. The fourth-order valence-electron chi connectivity index (χ4n) is 5.11. The van der Waals surface area contributed by atoms with Crippen LogP contribution in [0.15, 0.2) is 91.0 Å². The number of carbonyl (C=O) groups excluding carboxylic acids is 3. The minimum absolute atomic E-state index is 0.0858. The van der Waals surface area contributed by atoms with Crippen LogP contribution >= 0.6 is 0 Å². The molecule has 0 aromatic heterocycles. The summed E-state index contributed by atoms with van der Waals surface area (Å²) in [7, 11) is 0. The highest BCUT2D eigenvalue weighted by Crippen LogP contribution is 2.43. The zero-order valence-corrected chi connectivity index (χ0v) is 21.2. The van der Waals surface area contributed by atoms with Crippen LogP contribution in [-0.2, 0) is 25.2 Å². The maximum atomic E-state index is 13.0. The van der Waals surface area contributed by atoms with E-state index in [0.29, 0.717) is 12.0 Å². The first-order valence-corrected chi connectivity index (χ1v) is 12.7. The Morgan fingerprint density at radius 2 is 1.68 bits per heavy atom. The van der Waals surface area contributed by atoms with Gasteiger partial charge in [-0.15, -0.1) is 0 Å². The Hall–Kier alpha value is -4.40. The van der Waals surface area contributed by atoms with E-state index in [1.54, 1.807) is 18.2 Å². The van der Waals surface area contributed by atoms with Crippen molar-refractivity contribution in [1.29, 1.82) is 0 Å². The van der Waals surface area contributed by atoms with E-state index < -0.39 is 48.2 Å². The number of esters is 2. The number of rotatable bonds is 8. The number of ketones is 1. The van der Waals surface area contributed by atoms with E-state index in [0.717, 1.165) is 23.3 Å². The first kappa shape index (κ1) is 27.2. The predicted octanol–water partition coefficient (Wildman–Crippen LogP) is 6.05. The van der Waals surface area contributed by atoms with Crippen molar-refractivity contribution in [3.63, 3.8) is 0 Å². The van der Waals surface area contributed by atoms with Crippen LogP contribution in [0.2, 0.25) is 0 Å². The molecule has 1 saturated heterocycles. The third-order valence-electron chi connectivity index (χ3n) is 7.08. The summed E-state index contributed by atoms with van der Waals surface area (Å²) in [4.78, 5) is 37.3. The molecule has 6 nitrogen and oxygen atoms in total. The second-order valence-electron chi connectivity index (χ2n) is 9.74. The van der Waals surface area contributed by atoms with Crippen molar-refractivity contribution in [3.8, 4) is 16.9 Å². The molecule has 3 aromatic rings. The third kappa shape index (κ3) is 6.25. The molecule has 0 bridgehead atoms. The summed E-state index contributed by atoms with van der Waals surface area (Å²) >= 11 is 0. The molecule has 3 aromatic carbocycles. The van der Waals surface area contributed by atoms with Crippen LogP contribution in [0, 0.1) is 11.8 Å². The molecule has 0 unspecified atom stereocenters. The van der Waals surface area contributed by atoms with Crippen molar-refractivity contribution >= 4 is 17.7 Å². The van der Waals surface area contributed by atoms with Gasteiger partial charge in [0.05, 0.1) is 17.5 Å². The monoisotopic (exact) mass is 550 g/mol. The average Bonchev–Trinajstić information content (AvgIpc) is 3.46. The maximum absolute atomic E-state index is 13.0. The molecule has 4 atom stereocenters. The van der Waals surface area contributed by atoms with Crippen LogP contribution < -0.4 is 4.74 Å². The molecule has 1 saturated carbocycles. The highest BCUT2D eigenvalue weighted by molar-refractivity contribution is 5.91. The van der Waals surface area contributed by atoms with Gasteiger partial charge in [0, 0.05) is 18.3 Å². The van der Waals surface area contributed by atoms with Crippen LogP contribution in [0.5, 0.6) is 5.75 Å². The first-order chi connectivity index (χ1) is 19.2. The number of hydrogen-bond donors (Lipinski definition) is 0. The quantitative estimate of drug-likeness (QED) is 0.251. The van der Waals surface area contributed by atoms with Crippen LogP contribution in [0.3, 0.4) is 0 Å². The van der Waals surface area contributed by atoms with Gasteiger partial charge in [0.25, 0.3) is 0 Å². The SMILES string of the molecule is O=C(/C=C/[C@H]1[C@H]2CC(=O)O[C@H]2C[C@H]1OC(=O)c1ccc(-c2ccccc2)cc1)COc1cccc(C(F)(F)F)c1. The second kappa shape index (κ2) is 11.4. The molecule has 5 rings (SSSR count). The molecule has 9 heteroatoms. The Balaban J connectivity index is 1.23. The van der Waals surface area contributed by atoms with Gasteiger partial charge in [-0.3, -0.25) is 9.59 Å². The smallest absolute Gasteiger partial charge is 0.416 e. The van der Waals surface area contributed by atoms with E-state index >= 15 is 0 Å². The molecule has 1 aliphatic carbocycles. The van der Waals surface area contributed by atoms with Crippen molar-refractivity contribution in [3.05, 3.63) is 102 Å². The van der Waals surface area contributed by atoms with E-state index in [-0.39, 0.29) is 24.1 Å². The van der Waals surface area contributed by atoms with E-state index in [4.69, 9.17) is 14.2 Å². The first-order valence-electron chi connectivity index (χ1n) is 12.7. The lowest BCUT2D eigenvalue weighted by Crippen LogP contribution is -2.25. The molecule has 1 aliphatic heterocycles. The summed E-state index contributed by atoms with van der Waals surface area (Å²) in [6, 6.07) is 21.0. The van der Waals surface area contributed by atoms with Crippen molar-refractivity contribution in [1.82, 2.24) is 0 Å². The molecule has 2 fully saturated rings. The molecular weight excluding hydrogens is 525 g/mol. The van der Waals surface area contributed by atoms with Crippen molar-refractivity contribution in [2.45, 2.75) is 31.2 Å².